The molecule has 5 rings (SSSR count). The van der Waals surface area contributed by atoms with Gasteiger partial charge in [-0.2, -0.15) is 0 Å². The van der Waals surface area contributed by atoms with Crippen molar-refractivity contribution in [3.63, 3.8) is 0 Å². The zero-order valence-electron chi connectivity index (χ0n) is 14.5. The van der Waals surface area contributed by atoms with Crippen molar-refractivity contribution >= 4 is 44.2 Å². The van der Waals surface area contributed by atoms with Gasteiger partial charge in [-0.05, 0) is 23.6 Å². The highest BCUT2D eigenvalue weighted by atomic mass is 32.1. The Kier molecular flexibility index (Phi) is 3.80. The fourth-order valence-corrected chi connectivity index (χ4v) is 3.92. The molecule has 0 aliphatic rings. The van der Waals surface area contributed by atoms with E-state index in [1.54, 1.807) is 12.1 Å². The van der Waals surface area contributed by atoms with Crippen LogP contribution in [0.4, 0.5) is 5.13 Å². The van der Waals surface area contributed by atoms with Gasteiger partial charge in [-0.15, -0.1) is 11.3 Å². The molecule has 0 aliphatic carbocycles. The molecule has 2 aromatic carbocycles. The van der Waals surface area contributed by atoms with Crippen LogP contribution in [0.1, 0.15) is 10.4 Å². The maximum Gasteiger partial charge on any atom is 0.263 e. The number of hydrogen-bond acceptors (Lipinski definition) is 4. The number of aromatic nitrogens is 3. The fourth-order valence-electron chi connectivity index (χ4n) is 3.22. The van der Waals surface area contributed by atoms with Crippen LogP contribution >= 0.6 is 11.3 Å². The van der Waals surface area contributed by atoms with Gasteiger partial charge in [0.25, 0.3) is 11.5 Å². The van der Waals surface area contributed by atoms with E-state index in [0.29, 0.717) is 10.6 Å². The summed E-state index contributed by atoms with van der Waals surface area (Å²) in [5.74, 6) is -0.480. The minimum absolute atomic E-state index is 0.0579. The summed E-state index contributed by atoms with van der Waals surface area (Å²) < 4.78 is 0. The zero-order chi connectivity index (χ0) is 19.1. The average Bonchev–Trinajstić information content (AvgIpc) is 3.34. The second-order valence-electron chi connectivity index (χ2n) is 6.34. The number of pyridine rings is 1. The molecule has 3 aromatic heterocycles. The first-order valence-corrected chi connectivity index (χ1v) is 9.52. The molecule has 0 spiro atoms. The first kappa shape index (κ1) is 16.5. The highest BCUT2D eigenvalue weighted by Gasteiger charge is 2.15. The van der Waals surface area contributed by atoms with Crippen LogP contribution in [0.5, 0.6) is 0 Å². The molecule has 136 valence electrons. The number of carbonyl (C=O) groups is 1. The molecule has 7 heteroatoms. The van der Waals surface area contributed by atoms with E-state index in [4.69, 9.17) is 0 Å². The van der Waals surface area contributed by atoms with Crippen LogP contribution in [-0.4, -0.2) is 20.9 Å². The summed E-state index contributed by atoms with van der Waals surface area (Å²) >= 11 is 1.32. The lowest BCUT2D eigenvalue weighted by Crippen LogP contribution is -2.22. The Morgan fingerprint density at radius 1 is 1.04 bits per heavy atom. The second-order valence-corrected chi connectivity index (χ2v) is 7.20. The van der Waals surface area contributed by atoms with Crippen molar-refractivity contribution in [1.29, 1.82) is 0 Å². The first-order valence-electron chi connectivity index (χ1n) is 8.64. The van der Waals surface area contributed by atoms with Crippen LogP contribution in [0.2, 0.25) is 0 Å². The van der Waals surface area contributed by atoms with Crippen molar-refractivity contribution in [1.82, 2.24) is 15.0 Å². The lowest BCUT2D eigenvalue weighted by Gasteiger charge is -2.03. The number of amides is 1. The number of fused-ring (bicyclic) bond motifs is 2. The molecule has 5 aromatic rings. The number of benzene rings is 2. The number of nitrogens with zero attached hydrogens (tertiary/aromatic N) is 1. The third-order valence-electron chi connectivity index (χ3n) is 4.59. The number of anilines is 1. The number of para-hydroxylation sites is 2. The monoisotopic (exact) mass is 386 g/mol. The van der Waals surface area contributed by atoms with Crippen molar-refractivity contribution in [2.24, 2.45) is 0 Å². The number of rotatable bonds is 3. The predicted octanol–water partition coefficient (Wildman–Crippen LogP) is 4.39. The zero-order valence-corrected chi connectivity index (χ0v) is 15.3. The van der Waals surface area contributed by atoms with Crippen LogP contribution in [0.15, 0.2) is 71.0 Å². The second kappa shape index (κ2) is 6.47. The molecule has 0 aliphatic heterocycles. The van der Waals surface area contributed by atoms with Gasteiger partial charge in [-0.25, -0.2) is 4.98 Å². The fraction of sp³-hybridized carbons (Fsp3) is 0. The number of H-pyrrole nitrogens is 2. The van der Waals surface area contributed by atoms with Gasteiger partial charge in [0.1, 0.15) is 5.56 Å². The van der Waals surface area contributed by atoms with Crippen molar-refractivity contribution in [2.75, 3.05) is 5.32 Å². The number of nitrogens with one attached hydrogen (secondary N) is 3. The summed E-state index contributed by atoms with van der Waals surface area (Å²) in [5.41, 5.74) is 3.09. The summed E-state index contributed by atoms with van der Waals surface area (Å²) in [4.78, 5) is 35.4. The van der Waals surface area contributed by atoms with Crippen LogP contribution < -0.4 is 10.9 Å². The SMILES string of the molecule is O=C(Nc1nc(-c2c[nH]c3ccccc23)cs1)c1cc2ccccc2[nH]c1=O. The lowest BCUT2D eigenvalue weighted by atomic mass is 10.1. The third-order valence-corrected chi connectivity index (χ3v) is 5.35. The third kappa shape index (κ3) is 2.78. The largest absolute Gasteiger partial charge is 0.360 e. The molecule has 3 heterocycles. The van der Waals surface area contributed by atoms with E-state index in [9.17, 15) is 9.59 Å². The van der Waals surface area contributed by atoms with Gasteiger partial charge in [0.05, 0.1) is 5.69 Å². The Hall–Kier alpha value is -3.71. The Balaban J connectivity index is 1.45. The standard InChI is InChI=1S/C21H14N4O2S/c26-19-14(9-12-5-1-3-7-16(12)23-19)20(27)25-21-24-18(11-28-21)15-10-22-17-8-4-2-6-13(15)17/h1-11,22H,(H,23,26)(H,24,25,27). The molecule has 28 heavy (non-hydrogen) atoms. The smallest absolute Gasteiger partial charge is 0.263 e. The molecular formula is C21H14N4O2S. The molecule has 3 N–H and O–H groups in total. The molecule has 6 nitrogen and oxygen atoms in total. The van der Waals surface area contributed by atoms with Crippen LogP contribution in [0.3, 0.4) is 0 Å². The molecule has 0 saturated heterocycles. The first-order chi connectivity index (χ1) is 13.7. The minimum atomic E-state index is -0.480. The van der Waals surface area contributed by atoms with E-state index in [1.807, 2.05) is 54.0 Å². The number of hydrogen-bond donors (Lipinski definition) is 3. The van der Waals surface area contributed by atoms with E-state index in [-0.39, 0.29) is 5.56 Å². The Labute approximate surface area is 162 Å². The maximum absolute atomic E-state index is 12.6. The van der Waals surface area contributed by atoms with Crippen LogP contribution in [-0.2, 0) is 0 Å². The average molecular weight is 386 g/mol. The van der Waals surface area contributed by atoms with Gasteiger partial charge in [0, 0.05) is 33.6 Å². The molecule has 0 unspecified atom stereocenters. The number of aromatic amines is 2. The van der Waals surface area contributed by atoms with Gasteiger partial charge in [-0.3, -0.25) is 14.9 Å². The van der Waals surface area contributed by atoms with E-state index in [1.165, 1.54) is 11.3 Å². The van der Waals surface area contributed by atoms with E-state index in [2.05, 4.69) is 20.3 Å². The summed E-state index contributed by atoms with van der Waals surface area (Å²) in [6.07, 6.45) is 1.90. The van der Waals surface area contributed by atoms with Crippen molar-refractivity contribution in [2.45, 2.75) is 0 Å². The van der Waals surface area contributed by atoms with Gasteiger partial charge < -0.3 is 9.97 Å². The van der Waals surface area contributed by atoms with E-state index in [0.717, 1.165) is 27.5 Å². The molecule has 0 fully saturated rings. The molecule has 0 bridgehead atoms. The molecule has 0 radical (unpaired) electrons. The number of carbonyl (C=O) groups excluding carboxylic acids is 1. The number of thiazole rings is 1. The predicted molar refractivity (Wildman–Crippen MR) is 112 cm³/mol. The summed E-state index contributed by atoms with van der Waals surface area (Å²) in [5, 5.41) is 6.92. The van der Waals surface area contributed by atoms with Crippen LogP contribution in [0, 0.1) is 0 Å². The maximum atomic E-state index is 12.6. The van der Waals surface area contributed by atoms with E-state index >= 15 is 0 Å². The topological polar surface area (TPSA) is 90.6 Å². The van der Waals surface area contributed by atoms with Crippen LogP contribution in [0.25, 0.3) is 33.1 Å². The molecule has 0 atom stereocenters. The Bertz CT molecular complexity index is 1400. The summed E-state index contributed by atoms with van der Waals surface area (Å²) in [6.45, 7) is 0. The normalized spacial score (nSPS) is 11.1. The molecular weight excluding hydrogens is 372 g/mol. The minimum Gasteiger partial charge on any atom is -0.360 e. The Morgan fingerprint density at radius 2 is 1.82 bits per heavy atom. The van der Waals surface area contributed by atoms with Crippen molar-refractivity contribution < 1.29 is 4.79 Å². The lowest BCUT2D eigenvalue weighted by molar-refractivity contribution is 0.102. The summed E-state index contributed by atoms with van der Waals surface area (Å²) in [6, 6.07) is 16.9. The Morgan fingerprint density at radius 3 is 2.71 bits per heavy atom. The summed E-state index contributed by atoms with van der Waals surface area (Å²) in [7, 11) is 0. The molecule has 0 saturated carbocycles. The van der Waals surface area contributed by atoms with Gasteiger partial charge in [-0.1, -0.05) is 36.4 Å². The van der Waals surface area contributed by atoms with E-state index < -0.39 is 11.5 Å². The van der Waals surface area contributed by atoms with Crippen molar-refractivity contribution in [3.8, 4) is 11.3 Å². The molecule has 1 amide bonds. The highest BCUT2D eigenvalue weighted by Crippen LogP contribution is 2.31. The van der Waals surface area contributed by atoms with Gasteiger partial charge in [0.15, 0.2) is 5.13 Å². The quantitative estimate of drug-likeness (QED) is 0.430. The van der Waals surface area contributed by atoms with Gasteiger partial charge in [0.2, 0.25) is 0 Å². The van der Waals surface area contributed by atoms with Gasteiger partial charge >= 0.3 is 0 Å². The highest BCUT2D eigenvalue weighted by molar-refractivity contribution is 7.14. The van der Waals surface area contributed by atoms with Crippen molar-refractivity contribution in [3.05, 3.63) is 82.1 Å².